The fraction of sp³-hybridized carbons (Fsp3) is 0.278. The lowest BCUT2D eigenvalue weighted by Crippen LogP contribution is -2.43. The van der Waals surface area contributed by atoms with Crippen LogP contribution < -0.4 is 10.5 Å². The molecule has 0 saturated carbocycles. The zero-order chi connectivity index (χ0) is 18.7. The van der Waals surface area contributed by atoms with Gasteiger partial charge in [-0.25, -0.2) is 8.42 Å². The number of nitrogens with two attached hydrogens (primary N) is 1. The molecule has 0 aromatic heterocycles. The number of sulfonamides is 1. The van der Waals surface area contributed by atoms with Crippen LogP contribution in [0.25, 0.3) is 0 Å². The van der Waals surface area contributed by atoms with Gasteiger partial charge >= 0.3 is 0 Å². The number of piperidine rings is 1. The van der Waals surface area contributed by atoms with E-state index in [2.05, 4.69) is 4.72 Å². The smallest absolute Gasteiger partial charge is 0.261 e. The molecule has 1 amide bonds. The molecule has 26 heavy (non-hydrogen) atoms. The molecule has 3 rings (SSSR count). The molecule has 2 aromatic rings. The van der Waals surface area contributed by atoms with Crippen LogP contribution in [-0.4, -0.2) is 38.4 Å². The Hall–Kier alpha value is -2.09. The van der Waals surface area contributed by atoms with Crippen molar-refractivity contribution < 1.29 is 13.2 Å². The van der Waals surface area contributed by atoms with E-state index in [1.165, 1.54) is 18.2 Å². The summed E-state index contributed by atoms with van der Waals surface area (Å²) in [5.74, 6) is -0.237. The highest BCUT2D eigenvalue weighted by Crippen LogP contribution is 2.26. The Morgan fingerprint density at radius 2 is 1.77 bits per heavy atom. The predicted molar refractivity (Wildman–Crippen MR) is 102 cm³/mol. The van der Waals surface area contributed by atoms with Crippen molar-refractivity contribution in [2.24, 2.45) is 5.73 Å². The van der Waals surface area contributed by atoms with Crippen molar-refractivity contribution in [3.05, 3.63) is 59.1 Å². The third kappa shape index (κ3) is 4.17. The second-order valence-corrected chi connectivity index (χ2v) is 8.36. The van der Waals surface area contributed by atoms with Gasteiger partial charge in [-0.1, -0.05) is 29.8 Å². The number of anilines is 1. The molecule has 8 heteroatoms. The number of hydrogen-bond donors (Lipinski definition) is 2. The first kappa shape index (κ1) is 18.7. The van der Waals surface area contributed by atoms with Gasteiger partial charge in [0.2, 0.25) is 0 Å². The van der Waals surface area contributed by atoms with Crippen LogP contribution in [0.15, 0.2) is 53.4 Å². The topological polar surface area (TPSA) is 92.5 Å². The molecule has 1 heterocycles. The van der Waals surface area contributed by atoms with Gasteiger partial charge < -0.3 is 10.6 Å². The molecule has 0 atom stereocenters. The van der Waals surface area contributed by atoms with Crippen molar-refractivity contribution in [1.82, 2.24) is 4.90 Å². The lowest BCUT2D eigenvalue weighted by molar-refractivity contribution is 0.0716. The van der Waals surface area contributed by atoms with Gasteiger partial charge in [0, 0.05) is 24.2 Å². The van der Waals surface area contributed by atoms with Crippen LogP contribution in [0.3, 0.4) is 0 Å². The number of carbonyl (C=O) groups excluding carboxylic acids is 1. The van der Waals surface area contributed by atoms with Crippen molar-refractivity contribution in [2.45, 2.75) is 23.8 Å². The van der Waals surface area contributed by atoms with Crippen LogP contribution >= 0.6 is 11.6 Å². The highest BCUT2D eigenvalue weighted by atomic mass is 35.5. The van der Waals surface area contributed by atoms with Gasteiger partial charge in [0.25, 0.3) is 15.9 Å². The minimum Gasteiger partial charge on any atom is -0.338 e. The minimum atomic E-state index is -3.82. The monoisotopic (exact) mass is 393 g/mol. The number of nitrogens with one attached hydrogen (secondary N) is 1. The molecule has 0 spiro atoms. The maximum atomic E-state index is 12.9. The van der Waals surface area contributed by atoms with Gasteiger partial charge in [0.1, 0.15) is 0 Å². The maximum Gasteiger partial charge on any atom is 0.261 e. The van der Waals surface area contributed by atoms with Crippen molar-refractivity contribution in [3.63, 3.8) is 0 Å². The van der Waals surface area contributed by atoms with Crippen LogP contribution in [0.2, 0.25) is 5.02 Å². The van der Waals surface area contributed by atoms with E-state index in [1.807, 2.05) is 0 Å². The van der Waals surface area contributed by atoms with Crippen molar-refractivity contribution >= 4 is 33.2 Å². The average Bonchev–Trinajstić information content (AvgIpc) is 2.62. The van der Waals surface area contributed by atoms with Gasteiger partial charge in [-0.05, 0) is 43.2 Å². The number of amides is 1. The molecule has 3 N–H and O–H groups in total. The fourth-order valence-corrected chi connectivity index (χ4v) is 4.13. The Balaban J connectivity index is 1.90. The summed E-state index contributed by atoms with van der Waals surface area (Å²) in [6, 6.07) is 12.6. The lowest BCUT2D eigenvalue weighted by atomic mass is 10.0. The van der Waals surface area contributed by atoms with E-state index in [9.17, 15) is 13.2 Å². The highest BCUT2D eigenvalue weighted by Gasteiger charge is 2.25. The zero-order valence-electron chi connectivity index (χ0n) is 14.1. The lowest BCUT2D eigenvalue weighted by Gasteiger charge is -2.30. The van der Waals surface area contributed by atoms with Gasteiger partial charge in [0.15, 0.2) is 0 Å². The highest BCUT2D eigenvalue weighted by molar-refractivity contribution is 7.92. The van der Waals surface area contributed by atoms with Crippen molar-refractivity contribution in [2.75, 3.05) is 17.8 Å². The molecule has 1 saturated heterocycles. The molecular weight excluding hydrogens is 374 g/mol. The van der Waals surface area contributed by atoms with E-state index in [1.54, 1.807) is 35.2 Å². The van der Waals surface area contributed by atoms with Gasteiger partial charge in [-0.3, -0.25) is 9.52 Å². The summed E-state index contributed by atoms with van der Waals surface area (Å²) in [6.45, 7) is 1.10. The van der Waals surface area contributed by atoms with Gasteiger partial charge in [-0.2, -0.15) is 0 Å². The van der Waals surface area contributed by atoms with E-state index in [4.69, 9.17) is 17.3 Å². The molecule has 1 aliphatic heterocycles. The number of carbonyl (C=O) groups is 1. The first-order valence-corrected chi connectivity index (χ1v) is 10.2. The molecule has 0 unspecified atom stereocenters. The Kier molecular flexibility index (Phi) is 5.50. The summed E-state index contributed by atoms with van der Waals surface area (Å²) in [4.78, 5) is 14.7. The summed E-state index contributed by atoms with van der Waals surface area (Å²) in [5, 5.41) is 0.341. The quantitative estimate of drug-likeness (QED) is 0.835. The SMILES string of the molecule is NC1CCN(C(=O)c2ccc(Cl)cc2NS(=O)(=O)c2ccccc2)CC1. The molecule has 1 fully saturated rings. The van der Waals surface area contributed by atoms with Crippen LogP contribution in [0.5, 0.6) is 0 Å². The minimum absolute atomic E-state index is 0.0975. The number of hydrogen-bond acceptors (Lipinski definition) is 4. The molecule has 138 valence electrons. The number of likely N-dealkylation sites (tertiary alicyclic amines) is 1. The normalized spacial score (nSPS) is 15.7. The zero-order valence-corrected chi connectivity index (χ0v) is 15.6. The summed E-state index contributed by atoms with van der Waals surface area (Å²) >= 11 is 6.03. The van der Waals surface area contributed by atoms with Crippen molar-refractivity contribution in [3.8, 4) is 0 Å². The van der Waals surface area contributed by atoms with Crippen LogP contribution in [0.1, 0.15) is 23.2 Å². The molecule has 2 aromatic carbocycles. The third-order valence-corrected chi connectivity index (χ3v) is 5.95. The fourth-order valence-electron chi connectivity index (χ4n) is 2.86. The second-order valence-electron chi connectivity index (χ2n) is 6.24. The molecule has 6 nitrogen and oxygen atoms in total. The third-order valence-electron chi connectivity index (χ3n) is 4.34. The summed E-state index contributed by atoms with van der Waals surface area (Å²) in [5.41, 5.74) is 6.32. The molecule has 0 bridgehead atoms. The first-order chi connectivity index (χ1) is 12.4. The Morgan fingerprint density at radius 1 is 1.12 bits per heavy atom. The van der Waals surface area contributed by atoms with Gasteiger partial charge in [-0.15, -0.1) is 0 Å². The number of halogens is 1. The predicted octanol–water partition coefficient (Wildman–Crippen LogP) is 2.70. The largest absolute Gasteiger partial charge is 0.338 e. The van der Waals surface area contributed by atoms with Crippen LogP contribution in [0.4, 0.5) is 5.69 Å². The molecule has 0 aliphatic carbocycles. The standard InChI is InChI=1S/C18H20ClN3O3S/c19-13-6-7-16(18(23)22-10-8-14(20)9-11-22)17(12-13)21-26(24,25)15-4-2-1-3-5-15/h1-7,12,14,21H,8-11,20H2. The molecular formula is C18H20ClN3O3S. The first-order valence-electron chi connectivity index (χ1n) is 8.29. The summed E-state index contributed by atoms with van der Waals surface area (Å²) < 4.78 is 27.7. The van der Waals surface area contributed by atoms with Crippen LogP contribution in [0, 0.1) is 0 Å². The second kappa shape index (κ2) is 7.65. The Bertz CT molecular complexity index is 895. The molecule has 1 aliphatic rings. The van der Waals surface area contributed by atoms with E-state index in [-0.39, 0.29) is 28.1 Å². The summed E-state index contributed by atoms with van der Waals surface area (Å²) in [7, 11) is -3.82. The summed E-state index contributed by atoms with van der Waals surface area (Å²) in [6.07, 6.45) is 1.45. The van der Waals surface area contributed by atoms with E-state index in [0.717, 1.165) is 12.8 Å². The maximum absolute atomic E-state index is 12.9. The van der Waals surface area contributed by atoms with E-state index in [0.29, 0.717) is 18.1 Å². The average molecular weight is 394 g/mol. The van der Waals surface area contributed by atoms with Gasteiger partial charge in [0.05, 0.1) is 16.1 Å². The Morgan fingerprint density at radius 3 is 2.42 bits per heavy atom. The van der Waals surface area contributed by atoms with E-state index >= 15 is 0 Å². The van der Waals surface area contributed by atoms with E-state index < -0.39 is 10.0 Å². The number of benzene rings is 2. The molecule has 0 radical (unpaired) electrons. The Labute approximate surface area is 158 Å². The van der Waals surface area contributed by atoms with Crippen LogP contribution in [-0.2, 0) is 10.0 Å². The number of rotatable bonds is 4. The number of nitrogens with zero attached hydrogens (tertiary/aromatic N) is 1. The van der Waals surface area contributed by atoms with Crippen molar-refractivity contribution in [1.29, 1.82) is 0 Å².